The van der Waals surface area contributed by atoms with Gasteiger partial charge >= 0.3 is 0 Å². The molecule has 1 amide bonds. The zero-order chi connectivity index (χ0) is 11.3. The Kier molecular flexibility index (Phi) is 1.99. The number of anilines is 1. The summed E-state index contributed by atoms with van der Waals surface area (Å²) in [6, 6.07) is 0. The molecule has 1 aromatic heterocycles. The Morgan fingerprint density at radius 1 is 1.50 bits per heavy atom. The number of aromatic nitrogens is 2. The number of carbonyl (C=O) groups is 1. The second kappa shape index (κ2) is 3.26. The van der Waals surface area contributed by atoms with Gasteiger partial charge in [-0.1, -0.05) is 0 Å². The fraction of sp³-hybridized carbons (Fsp3) is 0.600. The summed E-state index contributed by atoms with van der Waals surface area (Å²) < 4.78 is 26.6. The van der Waals surface area contributed by atoms with E-state index in [0.717, 1.165) is 0 Å². The molecule has 0 N–H and O–H groups in total. The molecular formula is C10H11F2N3O. The van der Waals surface area contributed by atoms with Gasteiger partial charge in [0.1, 0.15) is 0 Å². The van der Waals surface area contributed by atoms with Crippen molar-refractivity contribution in [3.63, 3.8) is 0 Å². The summed E-state index contributed by atoms with van der Waals surface area (Å²) in [7, 11) is 0. The Hall–Kier alpha value is -1.46. The van der Waals surface area contributed by atoms with Crippen molar-refractivity contribution in [3.05, 3.63) is 12.4 Å². The minimum absolute atomic E-state index is 0.199. The summed E-state index contributed by atoms with van der Waals surface area (Å²) in [5, 5.41) is 0. The van der Waals surface area contributed by atoms with Crippen LogP contribution in [0.5, 0.6) is 0 Å². The average Bonchev–Trinajstić information content (AvgIpc) is 2.75. The first-order valence-electron chi connectivity index (χ1n) is 5.29. The van der Waals surface area contributed by atoms with Crippen LogP contribution in [0.25, 0.3) is 0 Å². The minimum atomic E-state index is -2.38. The van der Waals surface area contributed by atoms with Gasteiger partial charge in [-0.05, 0) is 6.42 Å². The average molecular weight is 227 g/mol. The smallest absolute Gasteiger partial charge is 0.242 e. The fourth-order valence-electron chi connectivity index (χ4n) is 2.21. The summed E-state index contributed by atoms with van der Waals surface area (Å²) >= 11 is 0. The SMILES string of the molecule is O=C([C@H]1C[C@@H]1C(F)F)N1CCn2ccnc21. The molecule has 2 atom stereocenters. The van der Waals surface area contributed by atoms with E-state index in [9.17, 15) is 13.6 Å². The van der Waals surface area contributed by atoms with Gasteiger partial charge in [0, 0.05) is 37.3 Å². The molecule has 2 heterocycles. The van der Waals surface area contributed by atoms with Gasteiger partial charge in [-0.2, -0.15) is 0 Å². The highest BCUT2D eigenvalue weighted by Crippen LogP contribution is 2.45. The molecule has 1 saturated carbocycles. The lowest BCUT2D eigenvalue weighted by Gasteiger charge is -2.13. The molecule has 3 rings (SSSR count). The number of nitrogens with zero attached hydrogens (tertiary/aromatic N) is 3. The Balaban J connectivity index is 1.74. The standard InChI is InChI=1S/C10H11F2N3O/c11-8(12)6-5-7(6)9(16)15-4-3-14-2-1-13-10(14)15/h1-2,6-8H,3-5H2/t6-,7-/m0/s1. The Morgan fingerprint density at radius 2 is 2.31 bits per heavy atom. The Labute approximate surface area is 90.9 Å². The third kappa shape index (κ3) is 1.32. The van der Waals surface area contributed by atoms with E-state index < -0.39 is 18.3 Å². The van der Waals surface area contributed by atoms with Crippen LogP contribution in [-0.4, -0.2) is 28.4 Å². The molecule has 2 aliphatic rings. The molecule has 0 radical (unpaired) electrons. The summed E-state index contributed by atoms with van der Waals surface area (Å²) in [6.45, 7) is 1.25. The third-order valence-corrected chi connectivity index (χ3v) is 3.25. The van der Waals surface area contributed by atoms with Gasteiger partial charge in [0.25, 0.3) is 0 Å². The highest BCUT2D eigenvalue weighted by Gasteiger charge is 2.51. The number of fused-ring (bicyclic) bond motifs is 1. The second-order valence-corrected chi connectivity index (χ2v) is 4.25. The van der Waals surface area contributed by atoms with Crippen LogP contribution in [-0.2, 0) is 11.3 Å². The largest absolute Gasteiger partial charge is 0.315 e. The topological polar surface area (TPSA) is 38.1 Å². The number of hydrogen-bond donors (Lipinski definition) is 0. The molecule has 1 aliphatic carbocycles. The Morgan fingerprint density at radius 3 is 3.00 bits per heavy atom. The van der Waals surface area contributed by atoms with Gasteiger partial charge in [-0.25, -0.2) is 13.8 Å². The first-order valence-corrected chi connectivity index (χ1v) is 5.29. The number of carbonyl (C=O) groups excluding carboxylic acids is 1. The number of amides is 1. The molecule has 16 heavy (non-hydrogen) atoms. The van der Waals surface area contributed by atoms with Crippen molar-refractivity contribution in [1.82, 2.24) is 9.55 Å². The molecule has 1 aliphatic heterocycles. The van der Waals surface area contributed by atoms with Crippen molar-refractivity contribution in [2.24, 2.45) is 11.8 Å². The van der Waals surface area contributed by atoms with E-state index in [1.165, 1.54) is 4.90 Å². The van der Waals surface area contributed by atoms with Gasteiger partial charge in [0.2, 0.25) is 18.3 Å². The maximum absolute atomic E-state index is 12.4. The summed E-state index contributed by atoms with van der Waals surface area (Å²) in [4.78, 5) is 17.5. The van der Waals surface area contributed by atoms with E-state index in [2.05, 4.69) is 4.98 Å². The van der Waals surface area contributed by atoms with Gasteiger partial charge in [-0.15, -0.1) is 0 Å². The predicted octanol–water partition coefficient (Wildman–Crippen LogP) is 1.13. The normalized spacial score (nSPS) is 27.3. The molecule has 86 valence electrons. The molecule has 0 aromatic carbocycles. The number of halogens is 2. The van der Waals surface area contributed by atoms with Crippen LogP contribution in [0.1, 0.15) is 6.42 Å². The van der Waals surface area contributed by atoms with Crippen LogP contribution in [0.2, 0.25) is 0 Å². The van der Waals surface area contributed by atoms with Crippen LogP contribution in [0.4, 0.5) is 14.7 Å². The predicted molar refractivity (Wildman–Crippen MR) is 52.2 cm³/mol. The highest BCUT2D eigenvalue weighted by molar-refractivity contribution is 5.96. The van der Waals surface area contributed by atoms with Crippen molar-refractivity contribution in [2.45, 2.75) is 19.4 Å². The van der Waals surface area contributed by atoms with Crippen molar-refractivity contribution in [2.75, 3.05) is 11.4 Å². The van der Waals surface area contributed by atoms with Crippen molar-refractivity contribution >= 4 is 11.9 Å². The monoisotopic (exact) mass is 227 g/mol. The zero-order valence-corrected chi connectivity index (χ0v) is 8.51. The molecule has 6 heteroatoms. The van der Waals surface area contributed by atoms with Crippen molar-refractivity contribution in [3.8, 4) is 0 Å². The molecule has 1 aromatic rings. The fourth-order valence-corrected chi connectivity index (χ4v) is 2.21. The summed E-state index contributed by atoms with van der Waals surface area (Å²) in [6.07, 6.45) is 1.34. The van der Waals surface area contributed by atoms with E-state index >= 15 is 0 Å². The van der Waals surface area contributed by atoms with E-state index in [1.807, 2.05) is 4.57 Å². The lowest BCUT2D eigenvalue weighted by molar-refractivity contribution is -0.120. The molecule has 0 saturated heterocycles. The molecule has 0 unspecified atom stereocenters. The summed E-state index contributed by atoms with van der Waals surface area (Å²) in [5.41, 5.74) is 0. The molecule has 0 bridgehead atoms. The van der Waals surface area contributed by atoms with E-state index in [1.54, 1.807) is 12.4 Å². The number of alkyl halides is 2. The maximum atomic E-state index is 12.4. The second-order valence-electron chi connectivity index (χ2n) is 4.25. The van der Waals surface area contributed by atoms with Crippen LogP contribution in [0.3, 0.4) is 0 Å². The van der Waals surface area contributed by atoms with Gasteiger partial charge in [-0.3, -0.25) is 9.69 Å². The molecule has 1 fully saturated rings. The first-order chi connectivity index (χ1) is 7.68. The van der Waals surface area contributed by atoms with E-state index in [4.69, 9.17) is 0 Å². The zero-order valence-electron chi connectivity index (χ0n) is 8.51. The maximum Gasteiger partial charge on any atom is 0.242 e. The summed E-state index contributed by atoms with van der Waals surface area (Å²) in [5.74, 6) is -0.847. The third-order valence-electron chi connectivity index (χ3n) is 3.25. The van der Waals surface area contributed by atoms with Crippen molar-refractivity contribution < 1.29 is 13.6 Å². The lowest BCUT2D eigenvalue weighted by Crippen LogP contribution is -2.31. The van der Waals surface area contributed by atoms with Gasteiger partial charge in [0.15, 0.2) is 0 Å². The van der Waals surface area contributed by atoms with E-state index in [-0.39, 0.29) is 5.91 Å². The van der Waals surface area contributed by atoms with Gasteiger partial charge < -0.3 is 4.57 Å². The van der Waals surface area contributed by atoms with Gasteiger partial charge in [0.05, 0.1) is 0 Å². The minimum Gasteiger partial charge on any atom is -0.315 e. The number of hydrogen-bond acceptors (Lipinski definition) is 2. The lowest BCUT2D eigenvalue weighted by atomic mass is 10.3. The number of imidazole rings is 1. The first kappa shape index (κ1) is 9.74. The molecule has 4 nitrogen and oxygen atoms in total. The quantitative estimate of drug-likeness (QED) is 0.759. The van der Waals surface area contributed by atoms with Crippen LogP contribution < -0.4 is 4.90 Å². The molecule has 0 spiro atoms. The van der Waals surface area contributed by atoms with Crippen molar-refractivity contribution in [1.29, 1.82) is 0 Å². The molecular weight excluding hydrogens is 216 g/mol. The Bertz CT molecular complexity index is 431. The highest BCUT2D eigenvalue weighted by atomic mass is 19.3. The van der Waals surface area contributed by atoms with Crippen LogP contribution in [0, 0.1) is 11.8 Å². The van der Waals surface area contributed by atoms with Crippen LogP contribution in [0.15, 0.2) is 12.4 Å². The number of rotatable bonds is 2. The van der Waals surface area contributed by atoms with E-state index in [0.29, 0.717) is 25.5 Å². The van der Waals surface area contributed by atoms with Crippen LogP contribution >= 0.6 is 0 Å².